The van der Waals surface area contributed by atoms with E-state index in [0.29, 0.717) is 18.9 Å². The molecule has 1 fully saturated rings. The SMILES string of the molecule is CCCCC(CC)CC1(C(=O)O)CCOC1C. The maximum absolute atomic E-state index is 11.6. The molecule has 1 aliphatic heterocycles. The molecule has 1 rings (SSSR count). The smallest absolute Gasteiger partial charge is 0.312 e. The number of carboxylic acid groups (broad SMARTS) is 1. The molecule has 3 unspecified atom stereocenters. The number of rotatable bonds is 7. The van der Waals surface area contributed by atoms with Crippen molar-refractivity contribution in [3.8, 4) is 0 Å². The monoisotopic (exact) mass is 242 g/mol. The van der Waals surface area contributed by atoms with E-state index in [1.165, 1.54) is 12.8 Å². The van der Waals surface area contributed by atoms with E-state index < -0.39 is 11.4 Å². The Morgan fingerprint density at radius 2 is 2.24 bits per heavy atom. The van der Waals surface area contributed by atoms with Crippen molar-refractivity contribution < 1.29 is 14.6 Å². The molecule has 0 radical (unpaired) electrons. The third kappa shape index (κ3) is 3.21. The van der Waals surface area contributed by atoms with Crippen LogP contribution >= 0.6 is 0 Å². The first-order chi connectivity index (χ1) is 8.06. The summed E-state index contributed by atoms with van der Waals surface area (Å²) < 4.78 is 5.50. The van der Waals surface area contributed by atoms with Crippen LogP contribution in [0.3, 0.4) is 0 Å². The van der Waals surface area contributed by atoms with E-state index in [4.69, 9.17) is 4.74 Å². The van der Waals surface area contributed by atoms with E-state index in [2.05, 4.69) is 13.8 Å². The number of aliphatic carboxylic acids is 1. The van der Waals surface area contributed by atoms with E-state index in [0.717, 1.165) is 19.3 Å². The van der Waals surface area contributed by atoms with Gasteiger partial charge in [-0.05, 0) is 25.7 Å². The Hall–Kier alpha value is -0.570. The summed E-state index contributed by atoms with van der Waals surface area (Å²) in [5, 5.41) is 9.52. The Labute approximate surface area is 105 Å². The molecule has 0 aromatic heterocycles. The molecule has 0 amide bonds. The van der Waals surface area contributed by atoms with E-state index in [9.17, 15) is 9.90 Å². The third-order valence-corrected chi connectivity index (χ3v) is 4.32. The van der Waals surface area contributed by atoms with Crippen LogP contribution in [0.15, 0.2) is 0 Å². The van der Waals surface area contributed by atoms with Gasteiger partial charge in [-0.25, -0.2) is 0 Å². The zero-order valence-corrected chi connectivity index (χ0v) is 11.4. The number of carboxylic acids is 1. The van der Waals surface area contributed by atoms with Gasteiger partial charge in [0.15, 0.2) is 0 Å². The molecule has 100 valence electrons. The van der Waals surface area contributed by atoms with Gasteiger partial charge >= 0.3 is 5.97 Å². The van der Waals surface area contributed by atoms with Gasteiger partial charge in [0, 0.05) is 6.61 Å². The lowest BCUT2D eigenvalue weighted by Crippen LogP contribution is -2.39. The van der Waals surface area contributed by atoms with Crippen LogP contribution < -0.4 is 0 Å². The van der Waals surface area contributed by atoms with Gasteiger partial charge in [0.25, 0.3) is 0 Å². The molecule has 17 heavy (non-hydrogen) atoms. The number of hydrogen-bond donors (Lipinski definition) is 1. The van der Waals surface area contributed by atoms with E-state index in [1.807, 2.05) is 6.92 Å². The molecule has 3 heteroatoms. The Kier molecular flexibility index (Phi) is 5.44. The third-order valence-electron chi connectivity index (χ3n) is 4.32. The van der Waals surface area contributed by atoms with Crippen LogP contribution in [-0.4, -0.2) is 23.8 Å². The lowest BCUT2D eigenvalue weighted by Gasteiger charge is -2.31. The van der Waals surface area contributed by atoms with Crippen molar-refractivity contribution in [2.45, 2.75) is 65.4 Å². The second-order valence-electron chi connectivity index (χ2n) is 5.34. The normalized spacial score (nSPS) is 30.4. The summed E-state index contributed by atoms with van der Waals surface area (Å²) in [7, 11) is 0. The zero-order chi connectivity index (χ0) is 12.9. The van der Waals surface area contributed by atoms with Crippen LogP contribution in [0.25, 0.3) is 0 Å². The van der Waals surface area contributed by atoms with Crippen LogP contribution in [0.1, 0.15) is 59.3 Å². The molecule has 0 spiro atoms. The molecule has 3 atom stereocenters. The van der Waals surface area contributed by atoms with Crippen molar-refractivity contribution in [2.75, 3.05) is 6.61 Å². The van der Waals surface area contributed by atoms with Crippen LogP contribution in [0.4, 0.5) is 0 Å². The highest BCUT2D eigenvalue weighted by molar-refractivity contribution is 5.75. The summed E-state index contributed by atoms with van der Waals surface area (Å²) in [6, 6.07) is 0. The largest absolute Gasteiger partial charge is 0.481 e. The van der Waals surface area contributed by atoms with Gasteiger partial charge in [-0.3, -0.25) is 4.79 Å². The van der Waals surface area contributed by atoms with Crippen molar-refractivity contribution in [3.63, 3.8) is 0 Å². The molecule has 1 aliphatic rings. The number of unbranched alkanes of at least 4 members (excludes halogenated alkanes) is 1. The van der Waals surface area contributed by atoms with Gasteiger partial charge < -0.3 is 9.84 Å². The topological polar surface area (TPSA) is 46.5 Å². The quantitative estimate of drug-likeness (QED) is 0.743. The lowest BCUT2D eigenvalue weighted by molar-refractivity contribution is -0.153. The van der Waals surface area contributed by atoms with Crippen LogP contribution in [-0.2, 0) is 9.53 Å². The van der Waals surface area contributed by atoms with Crippen LogP contribution in [0.5, 0.6) is 0 Å². The van der Waals surface area contributed by atoms with Gasteiger partial charge in [-0.15, -0.1) is 0 Å². The highest BCUT2D eigenvalue weighted by Crippen LogP contribution is 2.42. The summed E-state index contributed by atoms with van der Waals surface area (Å²) in [4.78, 5) is 11.6. The standard InChI is InChI=1S/C14H26O3/c1-4-6-7-12(5-2)10-14(13(15)16)8-9-17-11(14)3/h11-12H,4-10H2,1-3H3,(H,15,16). The minimum absolute atomic E-state index is 0.143. The molecule has 3 nitrogen and oxygen atoms in total. The van der Waals surface area contributed by atoms with Gasteiger partial charge in [-0.1, -0.05) is 39.5 Å². The predicted molar refractivity (Wildman–Crippen MR) is 68.0 cm³/mol. The Balaban J connectivity index is 2.68. The predicted octanol–water partition coefficient (Wildman–Crippen LogP) is 3.47. The molecule has 0 aliphatic carbocycles. The molecular formula is C14H26O3. The Morgan fingerprint density at radius 3 is 2.65 bits per heavy atom. The molecule has 0 saturated carbocycles. The van der Waals surface area contributed by atoms with E-state index >= 15 is 0 Å². The van der Waals surface area contributed by atoms with Crippen molar-refractivity contribution >= 4 is 5.97 Å². The van der Waals surface area contributed by atoms with Crippen LogP contribution in [0, 0.1) is 11.3 Å². The molecule has 0 aromatic carbocycles. The summed E-state index contributed by atoms with van der Waals surface area (Å²) >= 11 is 0. The summed E-state index contributed by atoms with van der Waals surface area (Å²) in [6.45, 7) is 6.85. The highest BCUT2D eigenvalue weighted by atomic mass is 16.5. The van der Waals surface area contributed by atoms with Gasteiger partial charge in [0.2, 0.25) is 0 Å². The minimum atomic E-state index is -0.669. The van der Waals surface area contributed by atoms with E-state index in [-0.39, 0.29) is 6.10 Å². The fourth-order valence-electron chi connectivity index (χ4n) is 2.88. The van der Waals surface area contributed by atoms with Crippen LogP contribution in [0.2, 0.25) is 0 Å². The Morgan fingerprint density at radius 1 is 1.53 bits per heavy atom. The molecule has 1 heterocycles. The first-order valence-corrected chi connectivity index (χ1v) is 6.91. The maximum atomic E-state index is 11.6. The average molecular weight is 242 g/mol. The van der Waals surface area contributed by atoms with Crippen molar-refractivity contribution in [1.82, 2.24) is 0 Å². The average Bonchev–Trinajstić information content (AvgIpc) is 2.67. The molecule has 0 aromatic rings. The minimum Gasteiger partial charge on any atom is -0.481 e. The van der Waals surface area contributed by atoms with Crippen molar-refractivity contribution in [3.05, 3.63) is 0 Å². The summed E-state index contributed by atoms with van der Waals surface area (Å²) in [5.74, 6) is -0.146. The van der Waals surface area contributed by atoms with Gasteiger partial charge in [0.1, 0.15) is 0 Å². The fraction of sp³-hybridized carbons (Fsp3) is 0.929. The molecular weight excluding hydrogens is 216 g/mol. The van der Waals surface area contributed by atoms with Gasteiger partial charge in [-0.2, -0.15) is 0 Å². The van der Waals surface area contributed by atoms with Crippen molar-refractivity contribution in [2.24, 2.45) is 11.3 Å². The molecule has 0 bridgehead atoms. The highest BCUT2D eigenvalue weighted by Gasteiger charge is 2.48. The summed E-state index contributed by atoms with van der Waals surface area (Å²) in [5.41, 5.74) is -0.631. The first kappa shape index (κ1) is 14.5. The molecule has 1 saturated heterocycles. The lowest BCUT2D eigenvalue weighted by atomic mass is 9.73. The summed E-state index contributed by atoms with van der Waals surface area (Å²) in [6.07, 6.45) is 5.91. The number of ether oxygens (including phenoxy) is 1. The zero-order valence-electron chi connectivity index (χ0n) is 11.4. The second kappa shape index (κ2) is 6.39. The Bertz CT molecular complexity index is 252. The van der Waals surface area contributed by atoms with Gasteiger partial charge in [0.05, 0.1) is 11.5 Å². The van der Waals surface area contributed by atoms with Crippen molar-refractivity contribution in [1.29, 1.82) is 0 Å². The first-order valence-electron chi connectivity index (χ1n) is 6.91. The number of hydrogen-bond acceptors (Lipinski definition) is 2. The van der Waals surface area contributed by atoms with E-state index in [1.54, 1.807) is 0 Å². The molecule has 1 N–H and O–H groups in total. The second-order valence-corrected chi connectivity index (χ2v) is 5.34. The maximum Gasteiger partial charge on any atom is 0.312 e. The fourth-order valence-corrected chi connectivity index (χ4v) is 2.88. The number of carbonyl (C=O) groups is 1.